The van der Waals surface area contributed by atoms with Gasteiger partial charge in [-0.2, -0.15) is 0 Å². The molecular weight excluding hydrogens is 356 g/mol. The Morgan fingerprint density at radius 2 is 1.96 bits per heavy atom. The van der Waals surface area contributed by atoms with Crippen molar-refractivity contribution in [1.29, 1.82) is 0 Å². The third kappa shape index (κ3) is 4.82. The zero-order chi connectivity index (χ0) is 19.8. The molecule has 0 saturated carbocycles. The van der Waals surface area contributed by atoms with Crippen molar-refractivity contribution in [3.05, 3.63) is 60.5 Å². The number of hydrogen-bond donors (Lipinski definition) is 2. The minimum absolute atomic E-state index is 0.476. The lowest BCUT2D eigenvalue weighted by Gasteiger charge is -2.14. The number of nitrogens with one attached hydrogen (secondary N) is 2. The largest absolute Gasteiger partial charge is 0.493 e. The summed E-state index contributed by atoms with van der Waals surface area (Å²) in [6.45, 7) is 2.99. The molecule has 0 spiro atoms. The number of ether oxygens (including phenoxy) is 2. The first-order valence-corrected chi connectivity index (χ1v) is 9.01. The van der Waals surface area contributed by atoms with Gasteiger partial charge in [-0.25, -0.2) is 4.98 Å². The van der Waals surface area contributed by atoms with Gasteiger partial charge in [0.15, 0.2) is 17.5 Å². The number of rotatable bonds is 7. The lowest BCUT2D eigenvalue weighted by Crippen LogP contribution is -2.30. The normalized spacial score (nSPS) is 11.2. The number of anilines is 1. The number of methoxy groups -OCH3 is 1. The molecule has 7 heteroatoms. The zero-order valence-corrected chi connectivity index (χ0v) is 16.2. The minimum Gasteiger partial charge on any atom is -0.493 e. The number of nitrogens with zero attached hydrogens (tertiary/aromatic N) is 2. The number of aliphatic imine (C=N–C) groups is 1. The first kappa shape index (κ1) is 19.3. The Morgan fingerprint density at radius 1 is 1.14 bits per heavy atom. The third-order valence-electron chi connectivity index (χ3n) is 3.96. The van der Waals surface area contributed by atoms with Crippen LogP contribution in [0.15, 0.2) is 64.2 Å². The van der Waals surface area contributed by atoms with Crippen LogP contribution < -0.4 is 20.1 Å². The molecule has 2 aromatic carbocycles. The predicted octanol–water partition coefficient (Wildman–Crippen LogP) is 3.94. The van der Waals surface area contributed by atoms with Crippen LogP contribution in [0.5, 0.6) is 11.5 Å². The van der Waals surface area contributed by atoms with Crippen LogP contribution in [-0.4, -0.2) is 31.7 Å². The summed E-state index contributed by atoms with van der Waals surface area (Å²) in [7, 11) is 3.32. The molecule has 7 nitrogen and oxygen atoms in total. The number of benzene rings is 2. The van der Waals surface area contributed by atoms with Gasteiger partial charge in [0.05, 0.1) is 26.0 Å². The van der Waals surface area contributed by atoms with Gasteiger partial charge in [0.2, 0.25) is 5.89 Å². The van der Waals surface area contributed by atoms with E-state index in [2.05, 4.69) is 20.6 Å². The van der Waals surface area contributed by atoms with E-state index in [0.717, 1.165) is 16.9 Å². The second-order valence-electron chi connectivity index (χ2n) is 5.86. The van der Waals surface area contributed by atoms with E-state index in [0.29, 0.717) is 36.5 Å². The summed E-state index contributed by atoms with van der Waals surface area (Å²) in [5.41, 5.74) is 2.56. The highest BCUT2D eigenvalue weighted by atomic mass is 16.5. The average Bonchev–Trinajstić information content (AvgIpc) is 3.22. The van der Waals surface area contributed by atoms with Crippen molar-refractivity contribution in [2.24, 2.45) is 4.99 Å². The molecule has 0 fully saturated rings. The topological polar surface area (TPSA) is 80.9 Å². The summed E-state index contributed by atoms with van der Waals surface area (Å²) < 4.78 is 16.5. The van der Waals surface area contributed by atoms with Crippen LogP contribution in [0.4, 0.5) is 5.69 Å². The van der Waals surface area contributed by atoms with Crippen LogP contribution in [-0.2, 0) is 6.54 Å². The van der Waals surface area contributed by atoms with Crippen LogP contribution in [0, 0.1) is 0 Å². The highest BCUT2D eigenvalue weighted by molar-refractivity contribution is 5.93. The van der Waals surface area contributed by atoms with Gasteiger partial charge in [-0.3, -0.25) is 4.99 Å². The first-order chi connectivity index (χ1) is 13.7. The van der Waals surface area contributed by atoms with Crippen molar-refractivity contribution in [2.75, 3.05) is 26.1 Å². The first-order valence-electron chi connectivity index (χ1n) is 9.01. The van der Waals surface area contributed by atoms with Gasteiger partial charge in [0.25, 0.3) is 0 Å². The van der Waals surface area contributed by atoms with E-state index >= 15 is 0 Å². The second-order valence-corrected chi connectivity index (χ2v) is 5.86. The highest BCUT2D eigenvalue weighted by Crippen LogP contribution is 2.30. The fourth-order valence-electron chi connectivity index (χ4n) is 2.61. The molecule has 3 rings (SSSR count). The summed E-state index contributed by atoms with van der Waals surface area (Å²) in [5, 5.41) is 6.45. The lowest BCUT2D eigenvalue weighted by atomic mass is 10.2. The number of hydrogen-bond acceptors (Lipinski definition) is 5. The third-order valence-corrected chi connectivity index (χ3v) is 3.96. The van der Waals surface area contributed by atoms with E-state index < -0.39 is 0 Å². The zero-order valence-electron chi connectivity index (χ0n) is 16.2. The summed E-state index contributed by atoms with van der Waals surface area (Å²) >= 11 is 0. The molecule has 0 aliphatic carbocycles. The minimum atomic E-state index is 0.476. The Labute approximate surface area is 164 Å². The number of guanidine groups is 1. The summed E-state index contributed by atoms with van der Waals surface area (Å²) in [6, 6.07) is 15.4. The summed E-state index contributed by atoms with van der Waals surface area (Å²) in [6.07, 6.45) is 1.64. The molecule has 0 unspecified atom stereocenters. The summed E-state index contributed by atoms with van der Waals surface area (Å²) in [4.78, 5) is 8.75. The molecule has 1 heterocycles. The number of aromatic nitrogens is 1. The molecule has 0 radical (unpaired) electrons. The molecule has 0 aliphatic rings. The molecule has 3 aromatic rings. The highest BCUT2D eigenvalue weighted by Gasteiger charge is 2.09. The quantitative estimate of drug-likeness (QED) is 0.477. The Morgan fingerprint density at radius 3 is 2.68 bits per heavy atom. The molecule has 0 saturated heterocycles. The van der Waals surface area contributed by atoms with E-state index in [9.17, 15) is 0 Å². The second kappa shape index (κ2) is 9.45. The average molecular weight is 380 g/mol. The Bertz CT molecular complexity index is 922. The van der Waals surface area contributed by atoms with Gasteiger partial charge in [0.1, 0.15) is 6.26 Å². The smallest absolute Gasteiger partial charge is 0.226 e. The predicted molar refractivity (Wildman–Crippen MR) is 110 cm³/mol. The lowest BCUT2D eigenvalue weighted by molar-refractivity contribution is 0.311. The molecule has 146 valence electrons. The maximum absolute atomic E-state index is 5.56. The fraction of sp³-hybridized carbons (Fsp3) is 0.238. The van der Waals surface area contributed by atoms with Gasteiger partial charge in [-0.15, -0.1) is 0 Å². The maximum Gasteiger partial charge on any atom is 0.226 e. The molecule has 1 aromatic heterocycles. The van der Waals surface area contributed by atoms with Crippen LogP contribution >= 0.6 is 0 Å². The van der Waals surface area contributed by atoms with Crippen LogP contribution in [0.1, 0.15) is 12.6 Å². The fourth-order valence-corrected chi connectivity index (χ4v) is 2.61. The monoisotopic (exact) mass is 380 g/mol. The Hall–Kier alpha value is -3.48. The van der Waals surface area contributed by atoms with Crippen molar-refractivity contribution >= 4 is 11.6 Å². The Kier molecular flexibility index (Phi) is 6.51. The van der Waals surface area contributed by atoms with Crippen LogP contribution in [0.2, 0.25) is 0 Å². The van der Waals surface area contributed by atoms with Crippen LogP contribution in [0.25, 0.3) is 11.5 Å². The van der Waals surface area contributed by atoms with Crippen molar-refractivity contribution in [2.45, 2.75) is 13.5 Å². The van der Waals surface area contributed by atoms with Gasteiger partial charge in [0, 0.05) is 24.4 Å². The van der Waals surface area contributed by atoms with Gasteiger partial charge < -0.3 is 24.5 Å². The van der Waals surface area contributed by atoms with E-state index in [-0.39, 0.29) is 0 Å². The van der Waals surface area contributed by atoms with Crippen molar-refractivity contribution in [3.8, 4) is 23.0 Å². The summed E-state index contributed by atoms with van der Waals surface area (Å²) in [5.74, 6) is 2.56. The van der Waals surface area contributed by atoms with E-state index in [1.54, 1.807) is 20.4 Å². The van der Waals surface area contributed by atoms with Crippen molar-refractivity contribution in [3.63, 3.8) is 0 Å². The molecule has 0 aliphatic heterocycles. The molecule has 28 heavy (non-hydrogen) atoms. The van der Waals surface area contributed by atoms with Crippen LogP contribution in [0.3, 0.4) is 0 Å². The molecule has 2 N–H and O–H groups in total. The van der Waals surface area contributed by atoms with E-state index in [1.165, 1.54) is 0 Å². The van der Waals surface area contributed by atoms with E-state index in [4.69, 9.17) is 13.9 Å². The van der Waals surface area contributed by atoms with Crippen molar-refractivity contribution in [1.82, 2.24) is 10.3 Å². The van der Waals surface area contributed by atoms with Gasteiger partial charge in [-0.05, 0) is 31.2 Å². The molecule has 0 bridgehead atoms. The molecule has 0 atom stereocenters. The molecule has 0 amide bonds. The van der Waals surface area contributed by atoms with Gasteiger partial charge >= 0.3 is 0 Å². The number of oxazole rings is 1. The van der Waals surface area contributed by atoms with Gasteiger partial charge in [-0.1, -0.05) is 18.2 Å². The maximum atomic E-state index is 5.56. The standard InChI is InChI=1S/C21H24N4O3/c1-4-27-18-11-10-16(12-19(18)26-3)25-21(22-2)23-13-17-14-28-20(24-17)15-8-6-5-7-9-15/h5-12,14H,4,13H2,1-3H3,(H2,22,23,25). The Balaban J connectivity index is 1.62. The van der Waals surface area contributed by atoms with E-state index in [1.807, 2.05) is 55.5 Å². The van der Waals surface area contributed by atoms with Crippen molar-refractivity contribution < 1.29 is 13.9 Å². The molecular formula is C21H24N4O3. The SMILES string of the molecule is CCOc1ccc(NC(=NC)NCc2coc(-c3ccccc3)n2)cc1OC.